The Morgan fingerprint density at radius 2 is 2.08 bits per heavy atom. The van der Waals surface area contributed by atoms with E-state index in [1.807, 2.05) is 42.9 Å². The molecular weight excluding hydrogens is 306 g/mol. The van der Waals surface area contributed by atoms with Gasteiger partial charge in [0, 0.05) is 38.0 Å². The van der Waals surface area contributed by atoms with E-state index in [1.54, 1.807) is 6.20 Å². The van der Waals surface area contributed by atoms with Gasteiger partial charge in [0.2, 0.25) is 0 Å². The van der Waals surface area contributed by atoms with Gasteiger partial charge in [-0.3, -0.25) is 4.68 Å². The van der Waals surface area contributed by atoms with Gasteiger partial charge in [-0.1, -0.05) is 0 Å². The minimum Gasteiger partial charge on any atom is -0.490 e. The lowest BCUT2D eigenvalue weighted by Gasteiger charge is -2.13. The van der Waals surface area contributed by atoms with Gasteiger partial charge in [-0.2, -0.15) is 5.10 Å². The maximum Gasteiger partial charge on any atom is 0.196 e. The number of benzene rings is 1. The Morgan fingerprint density at radius 3 is 2.83 bits per heavy atom. The average Bonchev–Trinajstić information content (AvgIpc) is 2.85. The van der Waals surface area contributed by atoms with E-state index in [-0.39, 0.29) is 0 Å². The standard InChI is InChI=1S/C17H23N5O2/c1-3-18-17(19-12-14-7-8-20-22(14)2)21-13-5-6-15-16(11-13)24-10-4-9-23-15/h5-8,11H,3-4,9-10,12H2,1-2H3,(H2,18,19,21). The summed E-state index contributed by atoms with van der Waals surface area (Å²) in [5, 5.41) is 10.7. The second kappa shape index (κ2) is 7.72. The summed E-state index contributed by atoms with van der Waals surface area (Å²) in [5.41, 5.74) is 1.95. The topological polar surface area (TPSA) is 72.7 Å². The number of hydrogen-bond acceptors (Lipinski definition) is 4. The van der Waals surface area contributed by atoms with Crippen molar-refractivity contribution in [2.45, 2.75) is 19.9 Å². The number of rotatable bonds is 4. The van der Waals surface area contributed by atoms with Crippen LogP contribution in [0.4, 0.5) is 5.69 Å². The van der Waals surface area contributed by atoms with E-state index in [9.17, 15) is 0 Å². The molecule has 0 amide bonds. The lowest BCUT2D eigenvalue weighted by molar-refractivity contribution is 0.297. The largest absolute Gasteiger partial charge is 0.490 e. The Kier molecular flexibility index (Phi) is 5.20. The number of anilines is 1. The number of nitrogens with one attached hydrogen (secondary N) is 2. The Balaban J connectivity index is 1.73. The van der Waals surface area contributed by atoms with Crippen LogP contribution in [-0.4, -0.2) is 35.5 Å². The Hall–Kier alpha value is -2.70. The van der Waals surface area contributed by atoms with Crippen LogP contribution in [0.5, 0.6) is 11.5 Å². The summed E-state index contributed by atoms with van der Waals surface area (Å²) >= 11 is 0. The summed E-state index contributed by atoms with van der Waals surface area (Å²) in [4.78, 5) is 4.60. The molecule has 0 aliphatic carbocycles. The highest BCUT2D eigenvalue weighted by molar-refractivity contribution is 5.93. The van der Waals surface area contributed by atoms with Gasteiger partial charge in [-0.15, -0.1) is 0 Å². The Bertz CT molecular complexity index is 711. The fourth-order valence-corrected chi connectivity index (χ4v) is 2.40. The molecule has 7 nitrogen and oxygen atoms in total. The van der Waals surface area contributed by atoms with Gasteiger partial charge in [0.25, 0.3) is 0 Å². The highest BCUT2D eigenvalue weighted by Gasteiger charge is 2.11. The molecule has 128 valence electrons. The summed E-state index contributed by atoms with van der Waals surface area (Å²) in [6.45, 7) is 4.73. The zero-order chi connectivity index (χ0) is 16.8. The third kappa shape index (κ3) is 3.98. The third-order valence-electron chi connectivity index (χ3n) is 3.68. The summed E-state index contributed by atoms with van der Waals surface area (Å²) in [7, 11) is 1.91. The highest BCUT2D eigenvalue weighted by Crippen LogP contribution is 2.32. The molecule has 2 aromatic rings. The predicted molar refractivity (Wildman–Crippen MR) is 93.7 cm³/mol. The molecule has 1 aromatic carbocycles. The number of aromatic nitrogens is 2. The van der Waals surface area contributed by atoms with E-state index in [0.29, 0.717) is 25.7 Å². The molecule has 7 heteroatoms. The molecule has 0 radical (unpaired) electrons. The number of aliphatic imine (C=N–C) groups is 1. The lowest BCUT2D eigenvalue weighted by Crippen LogP contribution is -2.30. The summed E-state index contributed by atoms with van der Waals surface area (Å²) < 4.78 is 13.2. The van der Waals surface area contributed by atoms with Gasteiger partial charge in [-0.25, -0.2) is 4.99 Å². The van der Waals surface area contributed by atoms with Crippen molar-refractivity contribution < 1.29 is 9.47 Å². The van der Waals surface area contributed by atoms with Crippen molar-refractivity contribution in [2.75, 3.05) is 25.1 Å². The maximum absolute atomic E-state index is 5.73. The zero-order valence-corrected chi connectivity index (χ0v) is 14.1. The highest BCUT2D eigenvalue weighted by atomic mass is 16.5. The van der Waals surface area contributed by atoms with Gasteiger partial charge in [0.1, 0.15) is 0 Å². The molecule has 0 fully saturated rings. The normalized spacial score (nSPS) is 14.2. The van der Waals surface area contributed by atoms with Crippen LogP contribution in [0.2, 0.25) is 0 Å². The van der Waals surface area contributed by atoms with E-state index < -0.39 is 0 Å². The minimum atomic E-state index is 0.552. The molecule has 0 bridgehead atoms. The second-order valence-corrected chi connectivity index (χ2v) is 5.48. The number of fused-ring (bicyclic) bond motifs is 1. The van der Waals surface area contributed by atoms with E-state index in [4.69, 9.17) is 9.47 Å². The molecule has 24 heavy (non-hydrogen) atoms. The van der Waals surface area contributed by atoms with Gasteiger partial charge >= 0.3 is 0 Å². The molecule has 2 heterocycles. The van der Waals surface area contributed by atoms with Crippen molar-refractivity contribution in [1.82, 2.24) is 15.1 Å². The Labute approximate surface area is 141 Å². The first-order chi connectivity index (χ1) is 11.8. The monoisotopic (exact) mass is 329 g/mol. The van der Waals surface area contributed by atoms with E-state index in [2.05, 4.69) is 20.7 Å². The predicted octanol–water partition coefficient (Wildman–Crippen LogP) is 2.16. The molecule has 1 aliphatic heterocycles. The minimum absolute atomic E-state index is 0.552. The van der Waals surface area contributed by atoms with E-state index in [0.717, 1.165) is 35.8 Å². The van der Waals surface area contributed by atoms with Crippen molar-refractivity contribution in [3.05, 3.63) is 36.2 Å². The first-order valence-electron chi connectivity index (χ1n) is 8.18. The molecule has 0 saturated carbocycles. The van der Waals surface area contributed by atoms with Crippen LogP contribution in [0.25, 0.3) is 0 Å². The second-order valence-electron chi connectivity index (χ2n) is 5.48. The first kappa shape index (κ1) is 16.2. The molecule has 0 spiro atoms. The summed E-state index contributed by atoms with van der Waals surface area (Å²) in [6, 6.07) is 7.79. The van der Waals surface area contributed by atoms with Crippen molar-refractivity contribution in [2.24, 2.45) is 12.0 Å². The molecule has 2 N–H and O–H groups in total. The van der Waals surface area contributed by atoms with Crippen LogP contribution in [0.15, 0.2) is 35.5 Å². The van der Waals surface area contributed by atoms with Crippen molar-refractivity contribution in [3.63, 3.8) is 0 Å². The van der Waals surface area contributed by atoms with Crippen LogP contribution in [-0.2, 0) is 13.6 Å². The van der Waals surface area contributed by atoms with E-state index >= 15 is 0 Å². The zero-order valence-electron chi connectivity index (χ0n) is 14.1. The number of aryl methyl sites for hydroxylation is 1. The summed E-state index contributed by atoms with van der Waals surface area (Å²) in [6.07, 6.45) is 2.67. The van der Waals surface area contributed by atoms with Crippen LogP contribution in [0.3, 0.4) is 0 Å². The summed E-state index contributed by atoms with van der Waals surface area (Å²) in [5.74, 6) is 2.27. The van der Waals surface area contributed by atoms with Gasteiger partial charge in [-0.05, 0) is 25.1 Å². The SMILES string of the molecule is CCNC(=NCc1ccnn1C)Nc1ccc2c(c1)OCCCO2. The molecule has 3 rings (SSSR count). The molecule has 0 unspecified atom stereocenters. The van der Waals surface area contributed by atoms with Gasteiger partial charge < -0.3 is 20.1 Å². The molecule has 0 saturated heterocycles. The fourth-order valence-electron chi connectivity index (χ4n) is 2.40. The van der Waals surface area contributed by atoms with Crippen LogP contribution < -0.4 is 20.1 Å². The molecule has 1 aromatic heterocycles. The smallest absolute Gasteiger partial charge is 0.196 e. The van der Waals surface area contributed by atoms with Crippen molar-refractivity contribution in [1.29, 1.82) is 0 Å². The fraction of sp³-hybridized carbons (Fsp3) is 0.412. The number of hydrogen-bond donors (Lipinski definition) is 2. The van der Waals surface area contributed by atoms with Gasteiger partial charge in [0.05, 0.1) is 25.5 Å². The lowest BCUT2D eigenvalue weighted by atomic mass is 10.3. The average molecular weight is 329 g/mol. The number of ether oxygens (including phenoxy) is 2. The number of guanidine groups is 1. The van der Waals surface area contributed by atoms with Crippen LogP contribution in [0, 0.1) is 0 Å². The van der Waals surface area contributed by atoms with Crippen molar-refractivity contribution >= 4 is 11.6 Å². The number of nitrogens with zero attached hydrogens (tertiary/aromatic N) is 3. The van der Waals surface area contributed by atoms with Crippen molar-refractivity contribution in [3.8, 4) is 11.5 Å². The Morgan fingerprint density at radius 1 is 1.25 bits per heavy atom. The van der Waals surface area contributed by atoms with Gasteiger partial charge in [0.15, 0.2) is 17.5 Å². The van der Waals surface area contributed by atoms with E-state index in [1.165, 1.54) is 0 Å². The molecule has 1 aliphatic rings. The molecular formula is C17H23N5O2. The quantitative estimate of drug-likeness (QED) is 0.664. The first-order valence-corrected chi connectivity index (χ1v) is 8.18. The maximum atomic E-state index is 5.73. The molecule has 0 atom stereocenters. The third-order valence-corrected chi connectivity index (χ3v) is 3.68. The van der Waals surface area contributed by atoms with Crippen LogP contribution in [0.1, 0.15) is 19.0 Å². The van der Waals surface area contributed by atoms with Crippen LogP contribution >= 0.6 is 0 Å².